The zero-order chi connectivity index (χ0) is 22.0. The van der Waals surface area contributed by atoms with Gasteiger partial charge in [0.05, 0.1) is 30.0 Å². The average Bonchev–Trinajstić information content (AvgIpc) is 3.66. The second-order valence-electron chi connectivity index (χ2n) is 8.85. The Bertz CT molecular complexity index is 1200. The van der Waals surface area contributed by atoms with Crippen LogP contribution < -0.4 is 10.2 Å². The summed E-state index contributed by atoms with van der Waals surface area (Å²) in [5.74, 6) is 0.779. The Morgan fingerprint density at radius 1 is 1.09 bits per heavy atom. The molecule has 2 saturated heterocycles. The molecule has 2 aliphatic rings. The first-order chi connectivity index (χ1) is 16.3. The van der Waals surface area contributed by atoms with Crippen LogP contribution >= 0.6 is 0 Å². The standard InChI is InChI=1S/C24H28N8O/c1-2-12-31(11-1)19-8-5-17(6-9-19)23(27-18-7-10-21-22(14-18)26-16-25-21)24-28-29-30-32(24)15-20-4-3-13-33-20/h5-10,14,16,20,23,27H,1-4,11-13,15H2,(H,25,26). The van der Waals surface area contributed by atoms with E-state index in [-0.39, 0.29) is 12.1 Å². The van der Waals surface area contributed by atoms with Gasteiger partial charge in [0.25, 0.3) is 0 Å². The van der Waals surface area contributed by atoms with Gasteiger partial charge in [-0.1, -0.05) is 12.1 Å². The van der Waals surface area contributed by atoms with E-state index in [0.717, 1.165) is 60.6 Å². The summed E-state index contributed by atoms with van der Waals surface area (Å²) in [7, 11) is 0. The van der Waals surface area contributed by atoms with E-state index >= 15 is 0 Å². The van der Waals surface area contributed by atoms with Crippen LogP contribution in [-0.2, 0) is 11.3 Å². The van der Waals surface area contributed by atoms with E-state index in [2.05, 4.69) is 66.0 Å². The Labute approximate surface area is 192 Å². The molecule has 9 heteroatoms. The lowest BCUT2D eigenvalue weighted by molar-refractivity contribution is 0.0925. The number of hydrogen-bond acceptors (Lipinski definition) is 7. The molecule has 4 aromatic rings. The fraction of sp³-hybridized carbons (Fsp3) is 0.417. The van der Waals surface area contributed by atoms with Crippen LogP contribution in [0.4, 0.5) is 11.4 Å². The number of tetrazole rings is 1. The van der Waals surface area contributed by atoms with Crippen molar-refractivity contribution in [2.75, 3.05) is 29.9 Å². The van der Waals surface area contributed by atoms with E-state index in [4.69, 9.17) is 4.74 Å². The normalized spacial score (nSPS) is 19.4. The van der Waals surface area contributed by atoms with Crippen LogP contribution in [0, 0.1) is 0 Å². The van der Waals surface area contributed by atoms with Crippen LogP contribution in [0.1, 0.15) is 43.1 Å². The third-order valence-corrected chi connectivity index (χ3v) is 6.65. The van der Waals surface area contributed by atoms with Crippen molar-refractivity contribution < 1.29 is 4.74 Å². The number of imidazole rings is 1. The Morgan fingerprint density at radius 2 is 1.97 bits per heavy atom. The number of H-pyrrole nitrogens is 1. The summed E-state index contributed by atoms with van der Waals surface area (Å²) in [4.78, 5) is 9.99. The quantitative estimate of drug-likeness (QED) is 0.450. The lowest BCUT2D eigenvalue weighted by Crippen LogP contribution is -2.23. The van der Waals surface area contributed by atoms with E-state index in [1.54, 1.807) is 6.33 Å². The molecule has 0 aliphatic carbocycles. The number of benzene rings is 2. The third-order valence-electron chi connectivity index (χ3n) is 6.65. The smallest absolute Gasteiger partial charge is 0.178 e. The molecule has 6 rings (SSSR count). The third kappa shape index (κ3) is 4.16. The minimum absolute atomic E-state index is 0.158. The number of fused-ring (bicyclic) bond motifs is 1. The van der Waals surface area contributed by atoms with Crippen molar-refractivity contribution in [2.45, 2.75) is 44.4 Å². The average molecular weight is 445 g/mol. The molecule has 2 aromatic heterocycles. The number of aromatic nitrogens is 6. The van der Waals surface area contributed by atoms with Crippen LogP contribution in [0.2, 0.25) is 0 Å². The number of nitrogens with one attached hydrogen (secondary N) is 2. The van der Waals surface area contributed by atoms with Crippen LogP contribution in [0.5, 0.6) is 0 Å². The van der Waals surface area contributed by atoms with Gasteiger partial charge in [-0.15, -0.1) is 5.10 Å². The molecule has 2 aromatic carbocycles. The van der Waals surface area contributed by atoms with Crippen LogP contribution in [0.25, 0.3) is 11.0 Å². The maximum absolute atomic E-state index is 5.84. The number of rotatable bonds is 7. The number of anilines is 2. The Morgan fingerprint density at radius 3 is 2.79 bits per heavy atom. The van der Waals surface area contributed by atoms with Crippen molar-refractivity contribution in [3.05, 3.63) is 60.2 Å². The van der Waals surface area contributed by atoms with Crippen molar-refractivity contribution in [1.82, 2.24) is 30.2 Å². The molecule has 0 amide bonds. The minimum atomic E-state index is -0.203. The highest BCUT2D eigenvalue weighted by atomic mass is 16.5. The maximum Gasteiger partial charge on any atom is 0.178 e. The van der Waals surface area contributed by atoms with Crippen molar-refractivity contribution in [2.24, 2.45) is 0 Å². The summed E-state index contributed by atoms with van der Waals surface area (Å²) < 4.78 is 7.73. The summed E-state index contributed by atoms with van der Waals surface area (Å²) in [6, 6.07) is 14.7. The SMILES string of the molecule is c1nc2cc(NC(c3ccc(N4CCCC4)cc3)c3nnnn3CC3CCCO3)ccc2[nH]1. The summed E-state index contributed by atoms with van der Waals surface area (Å²) in [5.41, 5.74) is 5.28. The molecule has 4 heterocycles. The van der Waals surface area contributed by atoms with Crippen molar-refractivity contribution in [3.63, 3.8) is 0 Å². The van der Waals surface area contributed by atoms with Gasteiger partial charge in [0, 0.05) is 31.1 Å². The Hall–Kier alpha value is -3.46. The molecule has 0 spiro atoms. The molecule has 170 valence electrons. The van der Waals surface area contributed by atoms with Crippen molar-refractivity contribution in [3.8, 4) is 0 Å². The first-order valence-electron chi connectivity index (χ1n) is 11.8. The van der Waals surface area contributed by atoms with Gasteiger partial charge in [-0.3, -0.25) is 0 Å². The summed E-state index contributed by atoms with van der Waals surface area (Å²) in [6.07, 6.45) is 6.53. The molecule has 0 bridgehead atoms. The van der Waals surface area contributed by atoms with Gasteiger partial charge < -0.3 is 19.9 Å². The Kier molecular flexibility index (Phi) is 5.39. The van der Waals surface area contributed by atoms with Gasteiger partial charge in [-0.25, -0.2) is 9.67 Å². The van der Waals surface area contributed by atoms with E-state index in [1.807, 2.05) is 16.8 Å². The first-order valence-corrected chi connectivity index (χ1v) is 11.8. The molecular formula is C24H28N8O. The lowest BCUT2D eigenvalue weighted by Gasteiger charge is -2.22. The second-order valence-corrected chi connectivity index (χ2v) is 8.85. The van der Waals surface area contributed by atoms with Crippen molar-refractivity contribution in [1.29, 1.82) is 0 Å². The highest BCUT2D eigenvalue weighted by Gasteiger charge is 2.25. The van der Waals surface area contributed by atoms with E-state index in [1.165, 1.54) is 18.5 Å². The predicted octanol–water partition coefficient (Wildman–Crippen LogP) is 3.53. The van der Waals surface area contributed by atoms with Gasteiger partial charge in [-0.2, -0.15) is 0 Å². The number of nitrogens with zero attached hydrogens (tertiary/aromatic N) is 6. The molecule has 2 atom stereocenters. The molecule has 2 unspecified atom stereocenters. The number of hydrogen-bond donors (Lipinski definition) is 2. The summed E-state index contributed by atoms with van der Waals surface area (Å²) in [6.45, 7) is 3.73. The zero-order valence-electron chi connectivity index (χ0n) is 18.5. The minimum Gasteiger partial charge on any atom is -0.376 e. The highest BCUT2D eigenvalue weighted by molar-refractivity contribution is 5.78. The van der Waals surface area contributed by atoms with Gasteiger partial charge in [0.15, 0.2) is 5.82 Å². The topological polar surface area (TPSA) is 96.8 Å². The monoisotopic (exact) mass is 444 g/mol. The fourth-order valence-corrected chi connectivity index (χ4v) is 4.87. The van der Waals surface area contributed by atoms with Gasteiger partial charge in [0.1, 0.15) is 6.04 Å². The summed E-state index contributed by atoms with van der Waals surface area (Å²) in [5, 5.41) is 16.4. The maximum atomic E-state index is 5.84. The van der Waals surface area contributed by atoms with Crippen molar-refractivity contribution >= 4 is 22.4 Å². The Balaban J connectivity index is 1.33. The molecule has 2 fully saturated rings. The number of aromatic amines is 1. The van der Waals surface area contributed by atoms with Crippen LogP contribution in [0.3, 0.4) is 0 Å². The summed E-state index contributed by atoms with van der Waals surface area (Å²) >= 11 is 0. The molecule has 0 radical (unpaired) electrons. The van der Waals surface area contributed by atoms with Gasteiger partial charge in [0.2, 0.25) is 0 Å². The lowest BCUT2D eigenvalue weighted by atomic mass is 10.0. The van der Waals surface area contributed by atoms with Gasteiger partial charge >= 0.3 is 0 Å². The first kappa shape index (κ1) is 20.2. The largest absolute Gasteiger partial charge is 0.376 e. The fourth-order valence-electron chi connectivity index (χ4n) is 4.87. The molecule has 2 aliphatic heterocycles. The predicted molar refractivity (Wildman–Crippen MR) is 126 cm³/mol. The molecule has 9 nitrogen and oxygen atoms in total. The van der Waals surface area contributed by atoms with E-state index in [9.17, 15) is 0 Å². The molecule has 2 N–H and O–H groups in total. The van der Waals surface area contributed by atoms with E-state index < -0.39 is 0 Å². The molecule has 0 saturated carbocycles. The second kappa shape index (κ2) is 8.82. The number of ether oxygens (including phenoxy) is 1. The van der Waals surface area contributed by atoms with E-state index in [0.29, 0.717) is 6.54 Å². The highest BCUT2D eigenvalue weighted by Crippen LogP contribution is 2.29. The molecule has 33 heavy (non-hydrogen) atoms. The van der Waals surface area contributed by atoms with Gasteiger partial charge in [-0.05, 0) is 72.0 Å². The van der Waals surface area contributed by atoms with Crippen LogP contribution in [-0.4, -0.2) is 56.0 Å². The van der Waals surface area contributed by atoms with Crippen LogP contribution in [0.15, 0.2) is 48.8 Å². The molecular weight excluding hydrogens is 416 g/mol. The zero-order valence-corrected chi connectivity index (χ0v) is 18.5.